The normalized spacial score (nSPS) is 11.1. The molecule has 0 spiro atoms. The van der Waals surface area contributed by atoms with Gasteiger partial charge in [-0.1, -0.05) is 47.6 Å². The van der Waals surface area contributed by atoms with E-state index < -0.39 is 0 Å². The second-order valence-corrected chi connectivity index (χ2v) is 10.1. The van der Waals surface area contributed by atoms with Crippen LogP contribution >= 0.6 is 34.7 Å². The van der Waals surface area contributed by atoms with Crippen molar-refractivity contribution in [3.05, 3.63) is 69.6 Å². The zero-order valence-electron chi connectivity index (χ0n) is 19.6. The highest BCUT2D eigenvalue weighted by Gasteiger charge is 2.21. The van der Waals surface area contributed by atoms with Crippen molar-refractivity contribution < 1.29 is 9.53 Å². The summed E-state index contributed by atoms with van der Waals surface area (Å²) in [6.07, 6.45) is 0. The number of halogens is 1. The summed E-state index contributed by atoms with van der Waals surface area (Å²) in [7, 11) is 5.56. The van der Waals surface area contributed by atoms with Crippen molar-refractivity contribution >= 4 is 40.6 Å². The van der Waals surface area contributed by atoms with Crippen molar-refractivity contribution in [1.82, 2.24) is 30.0 Å². The predicted octanol–water partition coefficient (Wildman–Crippen LogP) is 4.64. The van der Waals surface area contributed by atoms with Gasteiger partial charge in [-0.2, -0.15) is 0 Å². The molecule has 0 aliphatic rings. The molecule has 0 saturated carbocycles. The van der Waals surface area contributed by atoms with Gasteiger partial charge in [0.1, 0.15) is 16.5 Å². The van der Waals surface area contributed by atoms with E-state index >= 15 is 0 Å². The van der Waals surface area contributed by atoms with Crippen molar-refractivity contribution in [3.63, 3.8) is 0 Å². The monoisotopic (exact) mass is 528 g/mol. The summed E-state index contributed by atoms with van der Waals surface area (Å²) >= 11 is 9.42. The lowest BCUT2D eigenvalue weighted by molar-refractivity contribution is 0.0946. The van der Waals surface area contributed by atoms with Crippen molar-refractivity contribution in [2.75, 3.05) is 34.3 Å². The van der Waals surface area contributed by atoms with E-state index in [0.717, 1.165) is 22.8 Å². The molecule has 0 saturated heterocycles. The number of thiazole rings is 1. The first kappa shape index (κ1) is 25.2. The number of benzene rings is 2. The van der Waals surface area contributed by atoms with E-state index in [0.29, 0.717) is 39.7 Å². The number of methoxy groups -OCH3 is 1. The number of thioether (sulfide) groups is 1. The Bertz CT molecular complexity index is 1310. The fourth-order valence-corrected chi connectivity index (χ4v) is 5.26. The zero-order valence-corrected chi connectivity index (χ0v) is 22.0. The van der Waals surface area contributed by atoms with Gasteiger partial charge in [0.2, 0.25) is 0 Å². The van der Waals surface area contributed by atoms with Gasteiger partial charge in [-0.3, -0.25) is 9.36 Å². The molecule has 1 amide bonds. The minimum absolute atomic E-state index is 0.169. The number of likely N-dealkylation sites (N-methyl/N-ethyl adjacent to an activating group) is 1. The fraction of sp³-hybridized carbons (Fsp3) is 0.250. The molecule has 2 heterocycles. The number of rotatable bonds is 10. The van der Waals surface area contributed by atoms with Crippen molar-refractivity contribution in [2.45, 2.75) is 10.9 Å². The summed E-state index contributed by atoms with van der Waals surface area (Å²) in [6, 6.07) is 15.2. The highest BCUT2D eigenvalue weighted by Crippen LogP contribution is 2.36. The maximum Gasteiger partial charge on any atom is 0.270 e. The summed E-state index contributed by atoms with van der Waals surface area (Å²) in [5.41, 5.74) is 2.00. The van der Waals surface area contributed by atoms with Crippen LogP contribution in [0.5, 0.6) is 5.75 Å². The molecule has 11 heteroatoms. The van der Waals surface area contributed by atoms with Crippen LogP contribution in [0.15, 0.2) is 59.1 Å². The van der Waals surface area contributed by atoms with Crippen LogP contribution in [-0.4, -0.2) is 64.9 Å². The molecule has 0 atom stereocenters. The number of ether oxygens (including phenoxy) is 1. The highest BCUT2D eigenvalue weighted by atomic mass is 35.5. The van der Waals surface area contributed by atoms with Crippen LogP contribution in [-0.2, 0) is 5.75 Å². The van der Waals surface area contributed by atoms with E-state index in [1.807, 2.05) is 72.1 Å². The molecule has 0 aliphatic carbocycles. The average Bonchev–Trinajstić information content (AvgIpc) is 3.50. The Morgan fingerprint density at radius 3 is 2.71 bits per heavy atom. The quantitative estimate of drug-likeness (QED) is 0.300. The maximum atomic E-state index is 12.4. The maximum absolute atomic E-state index is 12.4. The number of aromatic nitrogens is 4. The first-order chi connectivity index (χ1) is 17.0. The van der Waals surface area contributed by atoms with Crippen LogP contribution < -0.4 is 10.1 Å². The number of nitrogens with one attached hydrogen (secondary N) is 1. The number of para-hydroxylation sites is 2. The third-order valence-corrected chi connectivity index (χ3v) is 7.33. The second-order valence-electron chi connectivity index (χ2n) is 7.77. The molecule has 0 radical (unpaired) electrons. The Balaban J connectivity index is 1.59. The standard InChI is InChI=1S/C24H25ClN6O2S2/c1-30(2)13-12-26-23(32)18-14-34-21(27-18)15-35-24-29-28-22(16-8-4-5-9-17(16)25)31(24)19-10-6-7-11-20(19)33-3/h4-11,14H,12-13,15H2,1-3H3,(H,26,32). The minimum atomic E-state index is -0.169. The van der Waals surface area contributed by atoms with Crippen LogP contribution in [0.2, 0.25) is 5.02 Å². The molecule has 2 aromatic heterocycles. The smallest absolute Gasteiger partial charge is 0.270 e. The summed E-state index contributed by atoms with van der Waals surface area (Å²) < 4.78 is 7.55. The fourth-order valence-electron chi connectivity index (χ4n) is 3.30. The molecule has 35 heavy (non-hydrogen) atoms. The molecular formula is C24H25ClN6O2S2. The zero-order chi connectivity index (χ0) is 24.8. The van der Waals surface area contributed by atoms with Crippen LogP contribution in [0, 0.1) is 0 Å². The van der Waals surface area contributed by atoms with Gasteiger partial charge in [0.05, 0.1) is 23.6 Å². The van der Waals surface area contributed by atoms with Gasteiger partial charge in [0, 0.05) is 24.0 Å². The van der Waals surface area contributed by atoms with Gasteiger partial charge in [0.25, 0.3) is 5.91 Å². The number of hydrogen-bond acceptors (Lipinski definition) is 8. The number of amides is 1. The first-order valence-corrected chi connectivity index (χ1v) is 13.1. The summed E-state index contributed by atoms with van der Waals surface area (Å²) in [6.45, 7) is 1.34. The number of carbonyl (C=O) groups excluding carboxylic acids is 1. The van der Waals surface area contributed by atoms with E-state index in [-0.39, 0.29) is 5.91 Å². The number of hydrogen-bond donors (Lipinski definition) is 1. The first-order valence-electron chi connectivity index (χ1n) is 10.8. The average molecular weight is 529 g/mol. The molecule has 1 N–H and O–H groups in total. The van der Waals surface area contributed by atoms with Crippen LogP contribution in [0.25, 0.3) is 17.1 Å². The second kappa shape index (κ2) is 11.7. The lowest BCUT2D eigenvalue weighted by Crippen LogP contribution is -2.31. The van der Waals surface area contributed by atoms with Gasteiger partial charge >= 0.3 is 0 Å². The lowest BCUT2D eigenvalue weighted by atomic mass is 10.2. The number of nitrogens with zero attached hydrogens (tertiary/aromatic N) is 5. The van der Waals surface area contributed by atoms with Crippen LogP contribution in [0.4, 0.5) is 0 Å². The van der Waals surface area contributed by atoms with Gasteiger partial charge < -0.3 is 15.0 Å². The lowest BCUT2D eigenvalue weighted by Gasteiger charge is -2.14. The third-order valence-electron chi connectivity index (χ3n) is 5.03. The molecule has 4 rings (SSSR count). The largest absolute Gasteiger partial charge is 0.495 e. The Morgan fingerprint density at radius 1 is 1.17 bits per heavy atom. The van der Waals surface area contributed by atoms with Gasteiger partial charge in [-0.15, -0.1) is 21.5 Å². The van der Waals surface area contributed by atoms with Gasteiger partial charge in [0.15, 0.2) is 11.0 Å². The molecule has 182 valence electrons. The SMILES string of the molecule is COc1ccccc1-n1c(SCc2nc(C(=O)NCCN(C)C)cs2)nnc1-c1ccccc1Cl. The molecule has 0 unspecified atom stereocenters. The van der Waals surface area contributed by atoms with E-state index in [1.165, 1.54) is 23.1 Å². The van der Waals surface area contributed by atoms with Crippen molar-refractivity contribution in [3.8, 4) is 22.8 Å². The van der Waals surface area contributed by atoms with Crippen molar-refractivity contribution in [2.24, 2.45) is 0 Å². The Morgan fingerprint density at radius 2 is 1.94 bits per heavy atom. The summed E-state index contributed by atoms with van der Waals surface area (Å²) in [4.78, 5) is 18.9. The highest BCUT2D eigenvalue weighted by molar-refractivity contribution is 7.98. The van der Waals surface area contributed by atoms with Crippen LogP contribution in [0.3, 0.4) is 0 Å². The molecule has 8 nitrogen and oxygen atoms in total. The minimum Gasteiger partial charge on any atom is -0.495 e. The van der Waals surface area contributed by atoms with Gasteiger partial charge in [-0.25, -0.2) is 4.98 Å². The molecule has 0 bridgehead atoms. The van der Waals surface area contributed by atoms with E-state index in [4.69, 9.17) is 16.3 Å². The molecule has 0 aliphatic heterocycles. The Labute approximate surface area is 217 Å². The van der Waals surface area contributed by atoms with Gasteiger partial charge in [-0.05, 0) is 38.4 Å². The third kappa shape index (κ3) is 6.02. The number of carbonyl (C=O) groups is 1. The van der Waals surface area contributed by atoms with E-state index in [2.05, 4.69) is 20.5 Å². The summed E-state index contributed by atoms with van der Waals surface area (Å²) in [5, 5.41) is 15.6. The molecule has 4 aromatic rings. The Hall–Kier alpha value is -2.92. The topological polar surface area (TPSA) is 85.2 Å². The molecular weight excluding hydrogens is 504 g/mol. The van der Waals surface area contributed by atoms with Crippen molar-refractivity contribution in [1.29, 1.82) is 0 Å². The van der Waals surface area contributed by atoms with E-state index in [1.54, 1.807) is 12.5 Å². The van der Waals surface area contributed by atoms with E-state index in [9.17, 15) is 4.79 Å². The molecule has 2 aromatic carbocycles. The predicted molar refractivity (Wildman–Crippen MR) is 141 cm³/mol. The molecule has 0 fully saturated rings. The van der Waals surface area contributed by atoms with Crippen LogP contribution in [0.1, 0.15) is 15.5 Å². The summed E-state index contributed by atoms with van der Waals surface area (Å²) in [5.74, 6) is 1.67. The Kier molecular flexibility index (Phi) is 8.40.